The van der Waals surface area contributed by atoms with Crippen molar-refractivity contribution < 1.29 is 0 Å². The summed E-state index contributed by atoms with van der Waals surface area (Å²) < 4.78 is 0. The number of hydrogen-bond donors (Lipinski definition) is 1. The molecular weight excluding hydrogens is 256 g/mol. The van der Waals surface area contributed by atoms with Crippen molar-refractivity contribution in [1.82, 2.24) is 10.2 Å². The summed E-state index contributed by atoms with van der Waals surface area (Å²) in [4.78, 5) is 2.74. The molecule has 1 aliphatic rings. The van der Waals surface area contributed by atoms with Crippen molar-refractivity contribution in [2.24, 2.45) is 5.73 Å². The van der Waals surface area contributed by atoms with Gasteiger partial charge in [-0.15, -0.1) is 5.10 Å². The number of nitrogens with two attached hydrogens (primary N) is 1. The minimum atomic E-state index is 0.418. The first-order valence-electron chi connectivity index (χ1n) is 6.92. The number of rotatable bonds is 2. The van der Waals surface area contributed by atoms with Crippen molar-refractivity contribution in [2.45, 2.75) is 52.5 Å². The van der Waals surface area contributed by atoms with E-state index in [9.17, 15) is 0 Å². The van der Waals surface area contributed by atoms with E-state index >= 15 is 0 Å². The molecule has 5 heteroatoms. The summed E-state index contributed by atoms with van der Waals surface area (Å²) in [5.74, 6) is 0.866. The molecule has 2 heterocycles. The highest BCUT2D eigenvalue weighted by atomic mass is 32.1. The summed E-state index contributed by atoms with van der Waals surface area (Å²) in [6, 6.07) is 0.465. The summed E-state index contributed by atoms with van der Waals surface area (Å²) >= 11 is 5.22. The lowest BCUT2D eigenvalue weighted by atomic mass is 10.1. The molecule has 1 fully saturated rings. The first-order chi connectivity index (χ1) is 9.02. The summed E-state index contributed by atoms with van der Waals surface area (Å²) in [6.45, 7) is 7.21. The van der Waals surface area contributed by atoms with Gasteiger partial charge in [0.05, 0.1) is 11.3 Å². The van der Waals surface area contributed by atoms with E-state index in [4.69, 9.17) is 18.0 Å². The number of thiocarbonyl (C=S) groups is 1. The Labute approximate surface area is 120 Å². The summed E-state index contributed by atoms with van der Waals surface area (Å²) in [6.07, 6.45) is 4.93. The molecule has 104 valence electrons. The molecule has 0 amide bonds. The smallest absolute Gasteiger partial charge is 0.162 e. The number of nitrogens with zero attached hydrogens (tertiary/aromatic N) is 3. The van der Waals surface area contributed by atoms with E-state index in [0.29, 0.717) is 11.0 Å². The Hall–Kier alpha value is -1.23. The Kier molecular flexibility index (Phi) is 4.34. The second-order valence-electron chi connectivity index (χ2n) is 5.37. The van der Waals surface area contributed by atoms with E-state index in [0.717, 1.165) is 29.2 Å². The Morgan fingerprint density at radius 2 is 2.00 bits per heavy atom. The fraction of sp³-hybridized carbons (Fsp3) is 0.643. The van der Waals surface area contributed by atoms with Crippen LogP contribution in [0, 0.1) is 13.8 Å². The van der Waals surface area contributed by atoms with Crippen LogP contribution in [0.1, 0.15) is 49.4 Å². The third kappa shape index (κ3) is 2.86. The van der Waals surface area contributed by atoms with Crippen LogP contribution in [0.25, 0.3) is 0 Å². The van der Waals surface area contributed by atoms with Crippen LogP contribution >= 0.6 is 12.2 Å². The van der Waals surface area contributed by atoms with Crippen LogP contribution in [0.2, 0.25) is 0 Å². The molecule has 0 radical (unpaired) electrons. The molecule has 1 aromatic heterocycles. The van der Waals surface area contributed by atoms with Crippen LogP contribution in [-0.4, -0.2) is 27.8 Å². The van der Waals surface area contributed by atoms with Crippen LogP contribution < -0.4 is 10.6 Å². The largest absolute Gasteiger partial charge is 0.389 e. The van der Waals surface area contributed by atoms with E-state index in [1.807, 2.05) is 13.8 Å². The predicted octanol–water partition coefficient (Wildman–Crippen LogP) is 2.50. The third-order valence-electron chi connectivity index (χ3n) is 4.01. The van der Waals surface area contributed by atoms with Gasteiger partial charge in [0.2, 0.25) is 0 Å². The lowest BCUT2D eigenvalue weighted by Crippen LogP contribution is -2.35. The maximum Gasteiger partial charge on any atom is 0.162 e. The van der Waals surface area contributed by atoms with E-state index < -0.39 is 0 Å². The van der Waals surface area contributed by atoms with E-state index in [-0.39, 0.29) is 0 Å². The summed E-state index contributed by atoms with van der Waals surface area (Å²) in [5.41, 5.74) is 8.76. The van der Waals surface area contributed by atoms with Gasteiger partial charge in [-0.25, -0.2) is 0 Å². The molecule has 4 nitrogen and oxygen atoms in total. The van der Waals surface area contributed by atoms with Gasteiger partial charge in [-0.1, -0.05) is 25.1 Å². The van der Waals surface area contributed by atoms with Crippen molar-refractivity contribution in [3.05, 3.63) is 16.8 Å². The Morgan fingerprint density at radius 3 is 2.68 bits per heavy atom. The summed E-state index contributed by atoms with van der Waals surface area (Å²) in [7, 11) is 0. The maximum absolute atomic E-state index is 5.91. The zero-order valence-corrected chi connectivity index (χ0v) is 12.8. The predicted molar refractivity (Wildman–Crippen MR) is 82.7 cm³/mol. The molecule has 0 aliphatic carbocycles. The van der Waals surface area contributed by atoms with Crippen LogP contribution in [0.15, 0.2) is 0 Å². The molecule has 1 aliphatic heterocycles. The van der Waals surface area contributed by atoms with Gasteiger partial charge >= 0.3 is 0 Å². The maximum atomic E-state index is 5.91. The van der Waals surface area contributed by atoms with E-state index in [1.54, 1.807) is 0 Å². The second kappa shape index (κ2) is 5.82. The highest BCUT2D eigenvalue weighted by Gasteiger charge is 2.24. The van der Waals surface area contributed by atoms with Crippen LogP contribution in [0.3, 0.4) is 0 Å². The van der Waals surface area contributed by atoms with Gasteiger partial charge in [-0.05, 0) is 39.2 Å². The SMILES string of the molecule is Cc1nnc(N2CCCCCC2C)c(C(N)=S)c1C. The van der Waals surface area contributed by atoms with Gasteiger partial charge < -0.3 is 10.6 Å². The molecule has 0 saturated carbocycles. The fourth-order valence-corrected chi connectivity index (χ4v) is 2.93. The molecule has 1 aromatic rings. The quantitative estimate of drug-likeness (QED) is 0.842. The molecule has 19 heavy (non-hydrogen) atoms. The molecule has 1 saturated heterocycles. The normalized spacial score (nSPS) is 20.2. The molecular formula is C14H22N4S. The molecule has 0 spiro atoms. The topological polar surface area (TPSA) is 55.0 Å². The average Bonchev–Trinajstić information content (AvgIpc) is 2.57. The lowest BCUT2D eigenvalue weighted by molar-refractivity contribution is 0.607. The van der Waals surface area contributed by atoms with Gasteiger partial charge in [0.1, 0.15) is 4.99 Å². The molecule has 2 N–H and O–H groups in total. The zero-order valence-electron chi connectivity index (χ0n) is 11.9. The monoisotopic (exact) mass is 278 g/mol. The Morgan fingerprint density at radius 1 is 1.26 bits per heavy atom. The first kappa shape index (κ1) is 14.2. The molecule has 2 rings (SSSR count). The second-order valence-corrected chi connectivity index (χ2v) is 5.80. The highest BCUT2D eigenvalue weighted by Crippen LogP contribution is 2.27. The zero-order chi connectivity index (χ0) is 14.0. The molecule has 0 aromatic carbocycles. The highest BCUT2D eigenvalue weighted by molar-refractivity contribution is 7.80. The van der Waals surface area contributed by atoms with Crippen LogP contribution in [0.5, 0.6) is 0 Å². The summed E-state index contributed by atoms with van der Waals surface area (Å²) in [5, 5.41) is 8.64. The van der Waals surface area contributed by atoms with Crippen molar-refractivity contribution in [3.8, 4) is 0 Å². The minimum absolute atomic E-state index is 0.418. The third-order valence-corrected chi connectivity index (χ3v) is 4.21. The van der Waals surface area contributed by atoms with Gasteiger partial charge in [-0.2, -0.15) is 5.10 Å². The standard InChI is InChI=1S/C14H22N4S/c1-9-7-5-4-6-8-18(9)14-12(13(15)19)10(2)11(3)16-17-14/h9H,4-8H2,1-3H3,(H2,15,19). The molecule has 1 unspecified atom stereocenters. The fourth-order valence-electron chi connectivity index (χ4n) is 2.68. The number of hydrogen-bond acceptors (Lipinski definition) is 4. The Balaban J connectivity index is 2.48. The van der Waals surface area contributed by atoms with Crippen molar-refractivity contribution in [1.29, 1.82) is 0 Å². The minimum Gasteiger partial charge on any atom is -0.389 e. The molecule has 1 atom stereocenters. The van der Waals surface area contributed by atoms with E-state index in [1.165, 1.54) is 25.7 Å². The van der Waals surface area contributed by atoms with Gasteiger partial charge in [0.25, 0.3) is 0 Å². The first-order valence-corrected chi connectivity index (χ1v) is 7.33. The average molecular weight is 278 g/mol. The van der Waals surface area contributed by atoms with Crippen LogP contribution in [-0.2, 0) is 0 Å². The molecule has 0 bridgehead atoms. The van der Waals surface area contributed by atoms with Gasteiger partial charge in [0, 0.05) is 12.6 Å². The number of aryl methyl sites for hydroxylation is 1. The lowest BCUT2D eigenvalue weighted by Gasteiger charge is -2.30. The Bertz CT molecular complexity index is 487. The van der Waals surface area contributed by atoms with Crippen molar-refractivity contribution >= 4 is 23.0 Å². The van der Waals surface area contributed by atoms with Gasteiger partial charge in [0.15, 0.2) is 5.82 Å². The van der Waals surface area contributed by atoms with Crippen LogP contribution in [0.4, 0.5) is 5.82 Å². The van der Waals surface area contributed by atoms with Gasteiger partial charge in [-0.3, -0.25) is 0 Å². The van der Waals surface area contributed by atoms with Crippen molar-refractivity contribution in [3.63, 3.8) is 0 Å². The van der Waals surface area contributed by atoms with E-state index in [2.05, 4.69) is 22.0 Å². The number of anilines is 1. The number of aromatic nitrogens is 2. The van der Waals surface area contributed by atoms with Crippen molar-refractivity contribution in [2.75, 3.05) is 11.4 Å².